The number of benzene rings is 1. The normalized spacial score (nSPS) is 16.4. The number of amides is 2. The topological polar surface area (TPSA) is 32.3 Å². The number of nitrogens with one attached hydrogen (secondary N) is 1. The minimum Gasteiger partial charge on any atom is -0.338 e. The summed E-state index contributed by atoms with van der Waals surface area (Å²) in [7, 11) is 0. The molecule has 104 valence electrons. The molecule has 3 nitrogen and oxygen atoms in total. The fourth-order valence-electron chi connectivity index (χ4n) is 2.33. The molecule has 1 aromatic carbocycles. The molecule has 0 unspecified atom stereocenters. The highest BCUT2D eigenvalue weighted by molar-refractivity contribution is 6.30. The second-order valence-corrected chi connectivity index (χ2v) is 5.72. The number of likely N-dealkylation sites (tertiary alicyclic amines) is 1. The lowest BCUT2D eigenvalue weighted by Gasteiger charge is -2.30. The lowest BCUT2D eigenvalue weighted by Crippen LogP contribution is -2.44. The van der Waals surface area contributed by atoms with E-state index in [1.807, 2.05) is 29.2 Å². The largest absolute Gasteiger partial charge is 0.338 e. The first-order valence-electron chi connectivity index (χ1n) is 6.92. The van der Waals surface area contributed by atoms with Crippen molar-refractivity contribution in [1.29, 1.82) is 0 Å². The van der Waals surface area contributed by atoms with Gasteiger partial charge < -0.3 is 10.2 Å². The zero-order valence-electron chi connectivity index (χ0n) is 11.4. The second-order valence-electron chi connectivity index (χ2n) is 5.28. The Labute approximate surface area is 119 Å². The highest BCUT2D eigenvalue weighted by Crippen LogP contribution is 2.15. The van der Waals surface area contributed by atoms with Gasteiger partial charge in [0.05, 0.1) is 0 Å². The first kappa shape index (κ1) is 14.2. The molecule has 0 aromatic heterocycles. The van der Waals surface area contributed by atoms with Crippen molar-refractivity contribution in [2.24, 2.45) is 5.92 Å². The number of rotatable bonds is 3. The highest BCUT2D eigenvalue weighted by Gasteiger charge is 2.19. The fraction of sp³-hybridized carbons (Fsp3) is 0.533. The standard InChI is InChI=1S/C15H21ClN2O/c1-12-6-9-18(10-7-12)15(19)17-8-5-13-3-2-4-14(16)11-13/h2-4,11-12H,5-10H2,1H3,(H,17,19). The van der Waals surface area contributed by atoms with Crippen LogP contribution in [0.2, 0.25) is 5.02 Å². The Morgan fingerprint density at radius 3 is 2.84 bits per heavy atom. The van der Waals surface area contributed by atoms with Gasteiger partial charge in [0.2, 0.25) is 0 Å². The maximum atomic E-state index is 12.0. The third-order valence-electron chi connectivity index (χ3n) is 3.65. The maximum Gasteiger partial charge on any atom is 0.317 e. The second kappa shape index (κ2) is 6.80. The lowest BCUT2D eigenvalue weighted by atomic mass is 10.00. The van der Waals surface area contributed by atoms with Crippen molar-refractivity contribution in [2.75, 3.05) is 19.6 Å². The van der Waals surface area contributed by atoms with E-state index in [4.69, 9.17) is 11.6 Å². The zero-order chi connectivity index (χ0) is 13.7. The minimum atomic E-state index is 0.0638. The Bertz CT molecular complexity index is 428. The van der Waals surface area contributed by atoms with Gasteiger partial charge in [-0.2, -0.15) is 0 Å². The van der Waals surface area contributed by atoms with E-state index in [0.717, 1.165) is 48.9 Å². The summed E-state index contributed by atoms with van der Waals surface area (Å²) in [5, 5.41) is 3.72. The van der Waals surface area contributed by atoms with Crippen LogP contribution < -0.4 is 5.32 Å². The molecule has 1 aliphatic heterocycles. The van der Waals surface area contributed by atoms with E-state index in [0.29, 0.717) is 6.54 Å². The van der Waals surface area contributed by atoms with Crippen LogP contribution in [-0.2, 0) is 6.42 Å². The Morgan fingerprint density at radius 2 is 2.16 bits per heavy atom. The minimum absolute atomic E-state index is 0.0638. The predicted molar refractivity (Wildman–Crippen MR) is 78.5 cm³/mol. The first-order valence-corrected chi connectivity index (χ1v) is 7.30. The molecule has 0 bridgehead atoms. The summed E-state index contributed by atoms with van der Waals surface area (Å²) in [5.74, 6) is 0.746. The molecular formula is C15H21ClN2O. The van der Waals surface area contributed by atoms with Crippen LogP contribution in [0.15, 0.2) is 24.3 Å². The molecule has 2 amide bonds. The number of halogens is 1. The number of piperidine rings is 1. The van der Waals surface area contributed by atoms with Gasteiger partial charge in [-0.3, -0.25) is 0 Å². The van der Waals surface area contributed by atoms with Gasteiger partial charge in [0.15, 0.2) is 0 Å². The van der Waals surface area contributed by atoms with Crippen LogP contribution in [0.3, 0.4) is 0 Å². The van der Waals surface area contributed by atoms with E-state index in [-0.39, 0.29) is 6.03 Å². The van der Waals surface area contributed by atoms with E-state index in [1.165, 1.54) is 0 Å². The Balaban J connectivity index is 1.72. The van der Waals surface area contributed by atoms with E-state index in [2.05, 4.69) is 12.2 Å². The summed E-state index contributed by atoms with van der Waals surface area (Å²) in [5.41, 5.74) is 1.15. The van der Waals surface area contributed by atoms with Crippen molar-refractivity contribution in [3.05, 3.63) is 34.9 Å². The van der Waals surface area contributed by atoms with Gasteiger partial charge in [-0.25, -0.2) is 4.79 Å². The number of hydrogen-bond donors (Lipinski definition) is 1. The van der Waals surface area contributed by atoms with Gasteiger partial charge in [-0.15, -0.1) is 0 Å². The van der Waals surface area contributed by atoms with Crippen LogP contribution in [0.5, 0.6) is 0 Å². The van der Waals surface area contributed by atoms with E-state index >= 15 is 0 Å². The van der Waals surface area contributed by atoms with Crippen LogP contribution >= 0.6 is 11.6 Å². The van der Waals surface area contributed by atoms with E-state index in [9.17, 15) is 4.79 Å². The van der Waals surface area contributed by atoms with E-state index < -0.39 is 0 Å². The lowest BCUT2D eigenvalue weighted by molar-refractivity contribution is 0.174. The molecule has 0 saturated carbocycles. The molecule has 1 fully saturated rings. The molecule has 0 radical (unpaired) electrons. The van der Waals surface area contributed by atoms with Gasteiger partial charge in [0.25, 0.3) is 0 Å². The van der Waals surface area contributed by atoms with Crippen molar-refractivity contribution in [3.63, 3.8) is 0 Å². The Morgan fingerprint density at radius 1 is 1.42 bits per heavy atom. The summed E-state index contributed by atoms with van der Waals surface area (Å²) in [6.45, 7) is 4.66. The van der Waals surface area contributed by atoms with Gasteiger partial charge in [0, 0.05) is 24.7 Å². The maximum absolute atomic E-state index is 12.0. The molecule has 1 N–H and O–H groups in total. The van der Waals surface area contributed by atoms with Crippen molar-refractivity contribution >= 4 is 17.6 Å². The average molecular weight is 281 g/mol. The van der Waals surface area contributed by atoms with Crippen LogP contribution in [0, 0.1) is 5.92 Å². The van der Waals surface area contributed by atoms with Crippen molar-refractivity contribution < 1.29 is 4.79 Å². The number of urea groups is 1. The number of hydrogen-bond acceptors (Lipinski definition) is 1. The molecule has 1 heterocycles. The zero-order valence-corrected chi connectivity index (χ0v) is 12.1. The van der Waals surface area contributed by atoms with Crippen molar-refractivity contribution in [1.82, 2.24) is 10.2 Å². The molecule has 1 aliphatic rings. The molecule has 1 saturated heterocycles. The summed E-state index contributed by atoms with van der Waals surface area (Å²) in [6, 6.07) is 7.83. The summed E-state index contributed by atoms with van der Waals surface area (Å²) in [6.07, 6.45) is 3.04. The first-order chi connectivity index (χ1) is 9.15. The van der Waals surface area contributed by atoms with E-state index in [1.54, 1.807) is 0 Å². The third kappa shape index (κ3) is 4.43. The Kier molecular flexibility index (Phi) is 5.08. The molecule has 0 spiro atoms. The molecule has 4 heteroatoms. The highest BCUT2D eigenvalue weighted by atomic mass is 35.5. The van der Waals surface area contributed by atoms with Gasteiger partial charge in [0.1, 0.15) is 0 Å². The van der Waals surface area contributed by atoms with Crippen LogP contribution in [0.4, 0.5) is 4.79 Å². The molecule has 2 rings (SSSR count). The average Bonchev–Trinajstić information content (AvgIpc) is 2.39. The van der Waals surface area contributed by atoms with Crippen LogP contribution in [0.25, 0.3) is 0 Å². The van der Waals surface area contributed by atoms with Crippen LogP contribution in [0.1, 0.15) is 25.3 Å². The molecule has 19 heavy (non-hydrogen) atoms. The summed E-state index contributed by atoms with van der Waals surface area (Å²) < 4.78 is 0. The van der Waals surface area contributed by atoms with Crippen molar-refractivity contribution in [2.45, 2.75) is 26.2 Å². The van der Waals surface area contributed by atoms with Gasteiger partial charge >= 0.3 is 6.03 Å². The van der Waals surface area contributed by atoms with Crippen LogP contribution in [-0.4, -0.2) is 30.6 Å². The molecule has 1 aromatic rings. The number of carbonyl (C=O) groups is 1. The smallest absolute Gasteiger partial charge is 0.317 e. The van der Waals surface area contributed by atoms with Crippen molar-refractivity contribution in [3.8, 4) is 0 Å². The quantitative estimate of drug-likeness (QED) is 0.905. The Hall–Kier alpha value is -1.22. The molecule has 0 aliphatic carbocycles. The number of carbonyl (C=O) groups excluding carboxylic acids is 1. The SMILES string of the molecule is CC1CCN(C(=O)NCCc2cccc(Cl)c2)CC1. The molecular weight excluding hydrogens is 260 g/mol. The summed E-state index contributed by atoms with van der Waals surface area (Å²) >= 11 is 5.93. The molecule has 0 atom stereocenters. The van der Waals surface area contributed by atoms with Gasteiger partial charge in [-0.1, -0.05) is 30.7 Å². The fourth-order valence-corrected chi connectivity index (χ4v) is 2.54. The van der Waals surface area contributed by atoms with Gasteiger partial charge in [-0.05, 0) is 42.9 Å². The predicted octanol–water partition coefficient (Wildman–Crippen LogP) is 3.32. The summed E-state index contributed by atoms with van der Waals surface area (Å²) in [4.78, 5) is 13.9. The number of nitrogens with zero attached hydrogens (tertiary/aromatic N) is 1. The monoisotopic (exact) mass is 280 g/mol. The third-order valence-corrected chi connectivity index (χ3v) is 3.88.